The van der Waals surface area contributed by atoms with E-state index in [9.17, 15) is 22.0 Å². The second-order valence-electron chi connectivity index (χ2n) is 11.1. The van der Waals surface area contributed by atoms with E-state index >= 15 is 0 Å². The van der Waals surface area contributed by atoms with Gasteiger partial charge in [-0.1, -0.05) is 19.9 Å². The fourth-order valence-corrected chi connectivity index (χ4v) is 9.26. The molecule has 1 aromatic heterocycles. The van der Waals surface area contributed by atoms with Gasteiger partial charge in [0.05, 0.1) is 5.75 Å². The number of aromatic nitrogens is 1. The summed E-state index contributed by atoms with van der Waals surface area (Å²) in [5.74, 6) is -0.894. The summed E-state index contributed by atoms with van der Waals surface area (Å²) in [5, 5.41) is 0. The molecule has 3 atom stereocenters. The Bertz CT molecular complexity index is 1500. The molecule has 2 saturated carbocycles. The Balaban J connectivity index is 1.31. The van der Waals surface area contributed by atoms with Gasteiger partial charge in [0, 0.05) is 30.0 Å². The average molecular weight is 515 g/mol. The number of Topliss-reactive ketones (excluding diaryl/α,β-unsaturated/α-hetero) is 1. The number of carbonyl (C=O) groups excluding carboxylic acids is 1. The predicted octanol–water partition coefficient (Wildman–Crippen LogP) is 5.64. The van der Waals surface area contributed by atoms with E-state index in [1.54, 1.807) is 18.2 Å². The molecule has 2 unspecified atom stereocenters. The van der Waals surface area contributed by atoms with Gasteiger partial charge in [0.2, 0.25) is 15.9 Å². The maximum atomic E-state index is 14.3. The number of nitrogens with zero attached hydrogens (tertiary/aromatic N) is 2. The Morgan fingerprint density at radius 3 is 2.64 bits per heavy atom. The van der Waals surface area contributed by atoms with Crippen molar-refractivity contribution in [1.29, 1.82) is 0 Å². The lowest BCUT2D eigenvalue weighted by atomic mass is 9.70. The Kier molecular flexibility index (Phi) is 5.22. The maximum Gasteiger partial charge on any atom is 0.215 e. The number of hydrogen-bond donors (Lipinski definition) is 0. The third-order valence-corrected chi connectivity index (χ3v) is 11.1. The van der Waals surface area contributed by atoms with E-state index in [-0.39, 0.29) is 28.4 Å². The third-order valence-electron chi connectivity index (χ3n) is 9.06. The monoisotopic (exact) mass is 514 g/mol. The summed E-state index contributed by atoms with van der Waals surface area (Å²) < 4.78 is 62.5. The smallest absolute Gasteiger partial charge is 0.215 e. The van der Waals surface area contributed by atoms with E-state index < -0.39 is 33.1 Å². The highest BCUT2D eigenvalue weighted by Gasteiger charge is 2.66. The molecule has 2 heterocycles. The molecule has 0 N–H and O–H groups in total. The van der Waals surface area contributed by atoms with Crippen molar-refractivity contribution in [3.63, 3.8) is 0 Å². The third kappa shape index (κ3) is 3.39. The molecule has 190 valence electrons. The highest BCUT2D eigenvalue weighted by atomic mass is 32.2. The fraction of sp³-hybridized carbons (Fsp3) is 0.481. The molecule has 3 aromatic rings. The molecule has 6 rings (SSSR count). The Hall–Kier alpha value is -2.65. The van der Waals surface area contributed by atoms with E-state index in [1.807, 2.05) is 13.8 Å². The van der Waals surface area contributed by atoms with Crippen LogP contribution in [0, 0.1) is 28.4 Å². The topological polar surface area (TPSA) is 80.5 Å². The van der Waals surface area contributed by atoms with Crippen LogP contribution in [0.3, 0.4) is 0 Å². The second-order valence-corrected chi connectivity index (χ2v) is 13.0. The number of hydrogen-bond acceptors (Lipinski definition) is 5. The molecular weight excluding hydrogens is 486 g/mol. The molecule has 2 bridgehead atoms. The van der Waals surface area contributed by atoms with Crippen LogP contribution in [0.2, 0.25) is 0 Å². The highest BCUT2D eigenvalue weighted by Crippen LogP contribution is 2.64. The van der Waals surface area contributed by atoms with Crippen LogP contribution in [0.15, 0.2) is 40.8 Å². The van der Waals surface area contributed by atoms with Crippen LogP contribution in [0.4, 0.5) is 8.78 Å². The maximum absolute atomic E-state index is 14.3. The van der Waals surface area contributed by atoms with Crippen molar-refractivity contribution < 1.29 is 26.4 Å². The number of halogens is 2. The zero-order chi connectivity index (χ0) is 25.5. The molecule has 2 aromatic carbocycles. The van der Waals surface area contributed by atoms with Gasteiger partial charge in [0.15, 0.2) is 5.58 Å². The largest absolute Gasteiger partial charge is 0.439 e. The summed E-state index contributed by atoms with van der Waals surface area (Å²) in [6, 6.07) is 7.83. The Labute approximate surface area is 208 Å². The first-order valence-electron chi connectivity index (χ1n) is 12.4. The molecular formula is C27H28F2N2O4S. The molecule has 3 fully saturated rings. The van der Waals surface area contributed by atoms with E-state index in [0.29, 0.717) is 54.8 Å². The molecule has 0 spiro atoms. The SMILES string of the molecule is CC1(C)C2CC[C@]1(CS(=O)(=O)N1CCCC1c1nc3cc(-c4ccc(F)cc4F)ccc3o1)C(=O)C2. The highest BCUT2D eigenvalue weighted by molar-refractivity contribution is 7.89. The molecule has 1 aliphatic heterocycles. The van der Waals surface area contributed by atoms with Crippen molar-refractivity contribution >= 4 is 26.9 Å². The van der Waals surface area contributed by atoms with Gasteiger partial charge in [-0.25, -0.2) is 22.2 Å². The Morgan fingerprint density at radius 2 is 1.94 bits per heavy atom. The standard InChI is InChI=1S/C27H28F2N2O4S/c1-26(2)17-9-10-27(26,24(32)13-17)15-36(33,34)31-11-3-4-22(31)25-30-21-12-16(5-8-23(21)35-25)19-7-6-18(28)14-20(19)29/h5-8,12,14,17,22H,3-4,9-11,13,15H2,1-2H3/t17?,22?,27-/m0/s1. The lowest BCUT2D eigenvalue weighted by molar-refractivity contribution is -0.128. The van der Waals surface area contributed by atoms with Crippen LogP contribution in [-0.2, 0) is 14.8 Å². The number of ketones is 1. The van der Waals surface area contributed by atoms with Crippen LogP contribution < -0.4 is 0 Å². The van der Waals surface area contributed by atoms with Crippen molar-refractivity contribution in [1.82, 2.24) is 9.29 Å². The molecule has 3 aliphatic rings. The number of rotatable bonds is 5. The average Bonchev–Trinajstić information content (AvgIpc) is 3.54. The number of fused-ring (bicyclic) bond motifs is 3. The summed E-state index contributed by atoms with van der Waals surface area (Å²) in [7, 11) is -3.76. The van der Waals surface area contributed by atoms with Crippen LogP contribution >= 0.6 is 0 Å². The molecule has 6 nitrogen and oxygen atoms in total. The van der Waals surface area contributed by atoms with Gasteiger partial charge < -0.3 is 4.42 Å². The molecule has 2 aliphatic carbocycles. The minimum absolute atomic E-state index is 0.0745. The van der Waals surface area contributed by atoms with Gasteiger partial charge in [-0.2, -0.15) is 4.31 Å². The van der Waals surface area contributed by atoms with Crippen molar-refractivity contribution in [2.24, 2.45) is 16.7 Å². The summed E-state index contributed by atoms with van der Waals surface area (Å²) in [4.78, 5) is 17.5. The lowest BCUT2D eigenvalue weighted by Crippen LogP contribution is -2.46. The molecule has 9 heteroatoms. The van der Waals surface area contributed by atoms with Gasteiger partial charge in [0.25, 0.3) is 0 Å². The first kappa shape index (κ1) is 23.7. The zero-order valence-electron chi connectivity index (χ0n) is 20.3. The van der Waals surface area contributed by atoms with Crippen molar-refractivity contribution in [2.75, 3.05) is 12.3 Å². The van der Waals surface area contributed by atoms with E-state index in [4.69, 9.17) is 4.42 Å². The van der Waals surface area contributed by atoms with Crippen LogP contribution in [0.5, 0.6) is 0 Å². The Morgan fingerprint density at radius 1 is 1.14 bits per heavy atom. The summed E-state index contributed by atoms with van der Waals surface area (Å²) in [6.45, 7) is 4.43. The number of benzene rings is 2. The van der Waals surface area contributed by atoms with Crippen LogP contribution in [0.1, 0.15) is 57.9 Å². The van der Waals surface area contributed by atoms with Gasteiger partial charge in [-0.05, 0) is 66.8 Å². The van der Waals surface area contributed by atoms with E-state index in [2.05, 4.69) is 4.98 Å². The number of oxazole rings is 1. The molecule has 36 heavy (non-hydrogen) atoms. The van der Waals surface area contributed by atoms with Crippen molar-refractivity contribution in [3.8, 4) is 11.1 Å². The van der Waals surface area contributed by atoms with Gasteiger partial charge >= 0.3 is 0 Å². The van der Waals surface area contributed by atoms with Crippen molar-refractivity contribution in [3.05, 3.63) is 53.9 Å². The zero-order valence-corrected chi connectivity index (χ0v) is 21.1. The summed E-state index contributed by atoms with van der Waals surface area (Å²) in [5.41, 5.74) is 0.526. The van der Waals surface area contributed by atoms with Crippen LogP contribution in [0.25, 0.3) is 22.2 Å². The molecule has 0 radical (unpaired) electrons. The number of carbonyl (C=O) groups is 1. The quantitative estimate of drug-likeness (QED) is 0.441. The molecule has 0 amide bonds. The predicted molar refractivity (Wildman–Crippen MR) is 130 cm³/mol. The lowest BCUT2D eigenvalue weighted by Gasteiger charge is -2.37. The van der Waals surface area contributed by atoms with Crippen molar-refractivity contribution in [2.45, 2.75) is 52.0 Å². The first-order chi connectivity index (χ1) is 17.0. The summed E-state index contributed by atoms with van der Waals surface area (Å²) in [6.07, 6.45) is 3.21. The normalized spacial score (nSPS) is 27.9. The second kappa shape index (κ2) is 7.92. The van der Waals surface area contributed by atoms with Gasteiger partial charge in [0.1, 0.15) is 29.0 Å². The van der Waals surface area contributed by atoms with Gasteiger partial charge in [-0.15, -0.1) is 0 Å². The molecule has 1 saturated heterocycles. The first-order valence-corrected chi connectivity index (χ1v) is 14.0. The number of sulfonamides is 1. The van der Waals surface area contributed by atoms with E-state index in [1.165, 1.54) is 16.4 Å². The van der Waals surface area contributed by atoms with Crippen LogP contribution in [-0.4, -0.2) is 35.8 Å². The van der Waals surface area contributed by atoms with Gasteiger partial charge in [-0.3, -0.25) is 4.79 Å². The minimum atomic E-state index is -3.76. The summed E-state index contributed by atoms with van der Waals surface area (Å²) >= 11 is 0. The van der Waals surface area contributed by atoms with E-state index in [0.717, 1.165) is 12.5 Å². The fourth-order valence-electron chi connectivity index (χ4n) is 6.80. The minimum Gasteiger partial charge on any atom is -0.439 e.